The van der Waals surface area contributed by atoms with Crippen molar-refractivity contribution in [2.45, 2.75) is 242 Å². The maximum Gasteiger partial charge on any atom is 0.0133 e. The van der Waals surface area contributed by atoms with E-state index in [0.29, 0.717) is 0 Å². The Labute approximate surface area is 309 Å². The van der Waals surface area contributed by atoms with Gasteiger partial charge in [0, 0.05) is 36.3 Å². The molecule has 0 spiro atoms. The maximum absolute atomic E-state index is 3.35. The minimum absolute atomic E-state index is 0.952. The summed E-state index contributed by atoms with van der Waals surface area (Å²) in [6.07, 6.45) is 50.1. The molecule has 2 aliphatic heterocycles. The van der Waals surface area contributed by atoms with Crippen LogP contribution in [0.2, 0.25) is 0 Å². The standard InChI is InChI=1S/C48H80N2/c1-3-12-33(13-4-1)35-22-26-39(27-23-35)49-45-20-9-7-18-41(45)43-31-37(24-28-47(43)49)38-25-29-48-44(32-38)42-19-8-10-21-46(42)50(48)40-17-11-16-36(30-40)34-14-5-2-6-15-34/h33-48H,1-32H2. The molecule has 8 aliphatic carbocycles. The van der Waals surface area contributed by atoms with Crippen LogP contribution in [0.4, 0.5) is 0 Å². The zero-order valence-corrected chi connectivity index (χ0v) is 32.8. The summed E-state index contributed by atoms with van der Waals surface area (Å²) in [6.45, 7) is 0. The topological polar surface area (TPSA) is 6.48 Å². The summed E-state index contributed by atoms with van der Waals surface area (Å²) in [5, 5.41) is 0. The van der Waals surface area contributed by atoms with Gasteiger partial charge in [0.1, 0.15) is 0 Å². The van der Waals surface area contributed by atoms with Gasteiger partial charge >= 0.3 is 0 Å². The fourth-order valence-corrected chi connectivity index (χ4v) is 17.5. The van der Waals surface area contributed by atoms with E-state index in [1.807, 2.05) is 0 Å². The van der Waals surface area contributed by atoms with E-state index in [1.54, 1.807) is 154 Å². The van der Waals surface area contributed by atoms with E-state index in [-0.39, 0.29) is 0 Å². The van der Waals surface area contributed by atoms with Crippen LogP contribution in [0.1, 0.15) is 205 Å². The fourth-order valence-electron chi connectivity index (χ4n) is 17.5. The van der Waals surface area contributed by atoms with E-state index < -0.39 is 0 Å². The zero-order valence-electron chi connectivity index (χ0n) is 32.8. The average Bonchev–Trinajstić information content (AvgIpc) is 3.71. The number of nitrogens with zero attached hydrogens (tertiary/aromatic N) is 2. The Kier molecular flexibility index (Phi) is 10.5. The third-order valence-corrected chi connectivity index (χ3v) is 19.6. The molecule has 0 aromatic rings. The van der Waals surface area contributed by atoms with Crippen LogP contribution in [-0.4, -0.2) is 46.1 Å². The van der Waals surface area contributed by atoms with Crippen LogP contribution in [0.3, 0.4) is 0 Å². The summed E-state index contributed by atoms with van der Waals surface area (Å²) < 4.78 is 0. The Morgan fingerprint density at radius 2 is 0.620 bits per heavy atom. The van der Waals surface area contributed by atoms with Crippen LogP contribution in [0.15, 0.2) is 0 Å². The van der Waals surface area contributed by atoms with Crippen molar-refractivity contribution in [1.82, 2.24) is 9.80 Å². The Balaban J connectivity index is 0.805. The lowest BCUT2D eigenvalue weighted by molar-refractivity contribution is 0.0171. The normalized spacial score (nSPS) is 49.9. The SMILES string of the molecule is C1CCC(C2CCC(N3C4CCCCC4C4CC(C5CCC6C(C5)C5CCCCC5N6C5CCCC(C6CCCCC6)C5)CCC43)CC2)CC1. The van der Waals surface area contributed by atoms with Gasteiger partial charge in [-0.25, -0.2) is 0 Å². The summed E-state index contributed by atoms with van der Waals surface area (Å²) in [7, 11) is 0. The molecule has 10 fully saturated rings. The molecule has 0 N–H and O–H groups in total. The van der Waals surface area contributed by atoms with E-state index in [9.17, 15) is 0 Å². The van der Waals surface area contributed by atoms with E-state index in [1.165, 1.54) is 51.4 Å². The molecular formula is C48H80N2. The molecule has 10 aliphatic rings. The first kappa shape index (κ1) is 34.4. The van der Waals surface area contributed by atoms with Gasteiger partial charge in [0.15, 0.2) is 0 Å². The van der Waals surface area contributed by atoms with E-state index in [0.717, 1.165) is 95.4 Å². The predicted octanol–water partition coefficient (Wildman–Crippen LogP) is 12.6. The van der Waals surface area contributed by atoms with Gasteiger partial charge in [-0.3, -0.25) is 9.80 Å². The van der Waals surface area contributed by atoms with Crippen LogP contribution < -0.4 is 0 Å². The van der Waals surface area contributed by atoms with Gasteiger partial charge in [0.05, 0.1) is 0 Å². The van der Waals surface area contributed by atoms with Crippen molar-refractivity contribution in [1.29, 1.82) is 0 Å². The molecule has 2 nitrogen and oxygen atoms in total. The van der Waals surface area contributed by atoms with Gasteiger partial charge in [0.2, 0.25) is 0 Å². The molecule has 0 bridgehead atoms. The first-order valence-corrected chi connectivity index (χ1v) is 24.3. The zero-order chi connectivity index (χ0) is 33.0. The number of hydrogen-bond acceptors (Lipinski definition) is 2. The van der Waals surface area contributed by atoms with Crippen molar-refractivity contribution in [3.05, 3.63) is 0 Å². The minimum atomic E-state index is 0.952. The summed E-state index contributed by atoms with van der Waals surface area (Å²) in [5.41, 5.74) is 0. The Morgan fingerprint density at radius 1 is 0.220 bits per heavy atom. The van der Waals surface area contributed by atoms with Gasteiger partial charge < -0.3 is 0 Å². The monoisotopic (exact) mass is 685 g/mol. The van der Waals surface area contributed by atoms with Gasteiger partial charge in [-0.05, 0) is 162 Å². The Hall–Kier alpha value is -0.0800. The van der Waals surface area contributed by atoms with Crippen molar-refractivity contribution < 1.29 is 0 Å². The number of fused-ring (bicyclic) bond motifs is 6. The lowest BCUT2D eigenvalue weighted by Crippen LogP contribution is -2.50. The van der Waals surface area contributed by atoms with Crippen LogP contribution in [0, 0.1) is 59.2 Å². The molecule has 0 aromatic heterocycles. The molecule has 0 radical (unpaired) electrons. The Morgan fingerprint density at radius 3 is 1.20 bits per heavy atom. The molecule has 8 saturated carbocycles. The van der Waals surface area contributed by atoms with Crippen LogP contribution >= 0.6 is 0 Å². The third-order valence-electron chi connectivity index (χ3n) is 19.6. The fraction of sp³-hybridized carbons (Fsp3) is 1.00. The van der Waals surface area contributed by atoms with Crippen molar-refractivity contribution in [2.24, 2.45) is 59.2 Å². The first-order valence-electron chi connectivity index (χ1n) is 24.3. The minimum Gasteiger partial charge on any atom is -0.294 e. The summed E-state index contributed by atoms with van der Waals surface area (Å²) in [5.74, 6) is 10.8. The molecule has 2 heterocycles. The van der Waals surface area contributed by atoms with Crippen LogP contribution in [0.5, 0.6) is 0 Å². The number of hydrogen-bond donors (Lipinski definition) is 0. The number of rotatable bonds is 5. The summed E-state index contributed by atoms with van der Waals surface area (Å²) >= 11 is 0. The maximum atomic E-state index is 3.35. The van der Waals surface area contributed by atoms with E-state index in [4.69, 9.17) is 0 Å². The van der Waals surface area contributed by atoms with Crippen LogP contribution in [0.25, 0.3) is 0 Å². The molecular weight excluding hydrogens is 605 g/mol. The summed E-state index contributed by atoms with van der Waals surface area (Å²) in [4.78, 5) is 6.67. The molecule has 50 heavy (non-hydrogen) atoms. The van der Waals surface area contributed by atoms with Crippen molar-refractivity contribution in [3.63, 3.8) is 0 Å². The highest BCUT2D eigenvalue weighted by Crippen LogP contribution is 2.58. The second-order valence-electron chi connectivity index (χ2n) is 21.5. The van der Waals surface area contributed by atoms with E-state index >= 15 is 0 Å². The molecule has 2 heteroatoms. The van der Waals surface area contributed by atoms with E-state index in [2.05, 4.69) is 9.80 Å². The van der Waals surface area contributed by atoms with Gasteiger partial charge in [-0.15, -0.1) is 0 Å². The molecule has 0 aromatic carbocycles. The molecule has 282 valence electrons. The first-order chi connectivity index (χ1) is 24.8. The smallest absolute Gasteiger partial charge is 0.0133 e. The molecule has 12 atom stereocenters. The van der Waals surface area contributed by atoms with Crippen molar-refractivity contribution in [2.75, 3.05) is 0 Å². The van der Waals surface area contributed by atoms with Gasteiger partial charge in [0.25, 0.3) is 0 Å². The highest BCUT2D eigenvalue weighted by molar-refractivity contribution is 5.10. The lowest BCUT2D eigenvalue weighted by atomic mass is 9.62. The number of likely N-dealkylation sites (tertiary alicyclic amines) is 2. The highest BCUT2D eigenvalue weighted by atomic mass is 15.3. The predicted molar refractivity (Wildman–Crippen MR) is 209 cm³/mol. The second kappa shape index (κ2) is 15.2. The molecule has 2 saturated heterocycles. The average molecular weight is 685 g/mol. The summed E-state index contributed by atoms with van der Waals surface area (Å²) in [6, 6.07) is 5.80. The van der Waals surface area contributed by atoms with Crippen LogP contribution in [-0.2, 0) is 0 Å². The highest BCUT2D eigenvalue weighted by Gasteiger charge is 2.57. The second-order valence-corrected chi connectivity index (χ2v) is 21.5. The molecule has 12 unspecified atom stereocenters. The van der Waals surface area contributed by atoms with Gasteiger partial charge in [-0.2, -0.15) is 0 Å². The lowest BCUT2D eigenvalue weighted by Gasteiger charge is -2.48. The molecule has 0 amide bonds. The van der Waals surface area contributed by atoms with Gasteiger partial charge in [-0.1, -0.05) is 103 Å². The quantitative estimate of drug-likeness (QED) is 0.284. The third kappa shape index (κ3) is 6.45. The largest absolute Gasteiger partial charge is 0.294 e. The Bertz CT molecular complexity index is 1100. The molecule has 10 rings (SSSR count). The van der Waals surface area contributed by atoms with Crippen molar-refractivity contribution in [3.8, 4) is 0 Å². The van der Waals surface area contributed by atoms with Crippen molar-refractivity contribution >= 4 is 0 Å².